The summed E-state index contributed by atoms with van der Waals surface area (Å²) in [6.07, 6.45) is -1.20. The molecule has 0 aliphatic carbocycles. The van der Waals surface area contributed by atoms with Crippen LogP contribution in [-0.2, 0) is 6.18 Å². The molecule has 3 N–H and O–H groups in total. The first-order chi connectivity index (χ1) is 15.2. The zero-order chi connectivity index (χ0) is 22.9. The first-order valence-electron chi connectivity index (χ1n) is 9.76. The Morgan fingerprint density at radius 3 is 2.62 bits per heavy atom. The number of benzene rings is 1. The molecule has 2 aromatic heterocycles. The van der Waals surface area contributed by atoms with Gasteiger partial charge in [0.1, 0.15) is 17.7 Å². The number of hydrogen-bond acceptors (Lipinski definition) is 6. The average molecular weight is 443 g/mol. The molecule has 4 rings (SSSR count). The molecule has 1 fully saturated rings. The van der Waals surface area contributed by atoms with Crippen LogP contribution in [0, 0.1) is 6.92 Å². The normalized spacial score (nSPS) is 14.1. The Morgan fingerprint density at radius 2 is 1.94 bits per heavy atom. The van der Waals surface area contributed by atoms with Crippen LogP contribution in [0.2, 0.25) is 0 Å². The Balaban J connectivity index is 1.47. The van der Waals surface area contributed by atoms with Crippen molar-refractivity contribution in [1.82, 2.24) is 9.97 Å². The van der Waals surface area contributed by atoms with Gasteiger partial charge in [0.15, 0.2) is 0 Å². The highest BCUT2D eigenvalue weighted by Crippen LogP contribution is 2.31. The third-order valence-corrected chi connectivity index (χ3v) is 4.97. The third-order valence-electron chi connectivity index (χ3n) is 4.97. The van der Waals surface area contributed by atoms with Crippen LogP contribution in [0.15, 0.2) is 55.0 Å². The lowest BCUT2D eigenvalue weighted by Gasteiger charge is -2.41. The van der Waals surface area contributed by atoms with Crippen molar-refractivity contribution in [2.24, 2.45) is 0 Å². The van der Waals surface area contributed by atoms with Crippen LogP contribution >= 0.6 is 0 Å². The predicted molar refractivity (Wildman–Crippen MR) is 114 cm³/mol. The van der Waals surface area contributed by atoms with Crippen LogP contribution in [0.4, 0.5) is 30.4 Å². The number of pyridine rings is 2. The van der Waals surface area contributed by atoms with E-state index in [1.807, 2.05) is 17.9 Å². The third kappa shape index (κ3) is 4.74. The molecule has 32 heavy (non-hydrogen) atoms. The van der Waals surface area contributed by atoms with Crippen molar-refractivity contribution >= 4 is 23.1 Å². The number of alkyl halides is 3. The second-order valence-corrected chi connectivity index (χ2v) is 7.50. The SMILES string of the molecule is Cc1ccc(C(=O)Nc2cncc(C(F)(F)F)c2)c(N2CC(Oc3ccc(N)nc3)C2)c1. The minimum atomic E-state index is -4.55. The van der Waals surface area contributed by atoms with Gasteiger partial charge in [0, 0.05) is 6.20 Å². The number of halogens is 3. The molecule has 10 heteroatoms. The smallest absolute Gasteiger partial charge is 0.417 e. The molecule has 7 nitrogen and oxygen atoms in total. The van der Waals surface area contributed by atoms with Gasteiger partial charge in [-0.05, 0) is 42.8 Å². The summed E-state index contributed by atoms with van der Waals surface area (Å²) in [5.41, 5.74) is 6.59. The summed E-state index contributed by atoms with van der Waals surface area (Å²) in [6, 6.07) is 9.53. The number of nitrogens with two attached hydrogens (primary N) is 1. The van der Waals surface area contributed by atoms with E-state index in [0.29, 0.717) is 42.1 Å². The molecule has 166 valence electrons. The summed E-state index contributed by atoms with van der Waals surface area (Å²) >= 11 is 0. The Labute approximate surface area is 182 Å². The topological polar surface area (TPSA) is 93.4 Å². The van der Waals surface area contributed by atoms with Gasteiger partial charge in [-0.1, -0.05) is 6.07 Å². The van der Waals surface area contributed by atoms with Crippen molar-refractivity contribution < 1.29 is 22.7 Å². The Kier molecular flexibility index (Phi) is 5.60. The lowest BCUT2D eigenvalue weighted by Crippen LogP contribution is -2.54. The standard InChI is InChI=1S/C22H20F3N5O2/c1-13-2-4-18(21(31)29-15-7-14(8-27-9-15)22(23,24)25)19(6-13)30-11-17(12-30)32-16-3-5-20(26)28-10-16/h2-10,17H,11-12H2,1H3,(H2,26,28)(H,29,31). The highest BCUT2D eigenvalue weighted by molar-refractivity contribution is 6.08. The quantitative estimate of drug-likeness (QED) is 0.621. The second kappa shape index (κ2) is 8.37. The molecule has 0 bridgehead atoms. The van der Waals surface area contributed by atoms with E-state index in [2.05, 4.69) is 15.3 Å². The van der Waals surface area contributed by atoms with E-state index >= 15 is 0 Å². The number of amides is 1. The number of hydrogen-bond donors (Lipinski definition) is 2. The minimum absolute atomic E-state index is 0.0305. The van der Waals surface area contributed by atoms with Gasteiger partial charge in [0.05, 0.1) is 48.0 Å². The average Bonchev–Trinajstić information content (AvgIpc) is 2.71. The molecule has 1 aromatic carbocycles. The number of aryl methyl sites for hydroxylation is 1. The number of anilines is 3. The lowest BCUT2D eigenvalue weighted by atomic mass is 10.0. The van der Waals surface area contributed by atoms with Crippen LogP contribution in [0.25, 0.3) is 0 Å². The number of rotatable bonds is 5. The number of carbonyl (C=O) groups is 1. The monoisotopic (exact) mass is 443 g/mol. The van der Waals surface area contributed by atoms with Gasteiger partial charge < -0.3 is 20.7 Å². The summed E-state index contributed by atoms with van der Waals surface area (Å²) < 4.78 is 44.6. The summed E-state index contributed by atoms with van der Waals surface area (Å²) in [7, 11) is 0. The summed E-state index contributed by atoms with van der Waals surface area (Å²) in [6.45, 7) is 2.98. The van der Waals surface area contributed by atoms with Crippen molar-refractivity contribution in [1.29, 1.82) is 0 Å². The molecule has 3 heterocycles. The van der Waals surface area contributed by atoms with Gasteiger partial charge in [-0.15, -0.1) is 0 Å². The second-order valence-electron chi connectivity index (χ2n) is 7.50. The van der Waals surface area contributed by atoms with Crippen molar-refractivity contribution in [2.75, 3.05) is 29.0 Å². The molecule has 1 saturated heterocycles. The van der Waals surface area contributed by atoms with Crippen LogP contribution < -0.4 is 20.7 Å². The number of nitrogen functional groups attached to an aromatic ring is 1. The number of ether oxygens (including phenoxy) is 1. The molecule has 0 saturated carbocycles. The maximum absolute atomic E-state index is 12.9. The van der Waals surface area contributed by atoms with E-state index in [9.17, 15) is 18.0 Å². The van der Waals surface area contributed by atoms with Gasteiger partial charge in [0.25, 0.3) is 5.91 Å². The highest BCUT2D eigenvalue weighted by Gasteiger charge is 2.33. The van der Waals surface area contributed by atoms with Gasteiger partial charge in [-0.2, -0.15) is 13.2 Å². The van der Waals surface area contributed by atoms with Crippen molar-refractivity contribution in [3.05, 3.63) is 71.7 Å². The van der Waals surface area contributed by atoms with Crippen LogP contribution in [0.5, 0.6) is 5.75 Å². The van der Waals surface area contributed by atoms with Crippen molar-refractivity contribution in [3.63, 3.8) is 0 Å². The fourth-order valence-electron chi connectivity index (χ4n) is 3.32. The molecular formula is C22H20F3N5O2. The largest absolute Gasteiger partial charge is 0.485 e. The first kappa shape index (κ1) is 21.4. The van der Waals surface area contributed by atoms with Gasteiger partial charge >= 0.3 is 6.18 Å². The van der Waals surface area contributed by atoms with Crippen LogP contribution in [0.3, 0.4) is 0 Å². The maximum Gasteiger partial charge on any atom is 0.417 e. The maximum atomic E-state index is 12.9. The summed E-state index contributed by atoms with van der Waals surface area (Å²) in [4.78, 5) is 22.4. The van der Waals surface area contributed by atoms with Gasteiger partial charge in [-0.25, -0.2) is 4.98 Å². The molecule has 0 atom stereocenters. The van der Waals surface area contributed by atoms with Gasteiger partial charge in [0.2, 0.25) is 0 Å². The fraction of sp³-hybridized carbons (Fsp3) is 0.227. The number of nitrogens with zero attached hydrogens (tertiary/aromatic N) is 3. The van der Waals surface area contributed by atoms with E-state index in [-0.39, 0.29) is 11.8 Å². The van der Waals surface area contributed by atoms with E-state index in [0.717, 1.165) is 11.6 Å². The van der Waals surface area contributed by atoms with Crippen molar-refractivity contribution in [2.45, 2.75) is 19.2 Å². The Morgan fingerprint density at radius 1 is 1.16 bits per heavy atom. The zero-order valence-electron chi connectivity index (χ0n) is 17.1. The minimum Gasteiger partial charge on any atom is -0.485 e. The molecule has 0 radical (unpaired) electrons. The summed E-state index contributed by atoms with van der Waals surface area (Å²) in [5.74, 6) is 0.482. The Bertz CT molecular complexity index is 1130. The molecule has 0 spiro atoms. The fourth-order valence-corrected chi connectivity index (χ4v) is 3.32. The highest BCUT2D eigenvalue weighted by atomic mass is 19.4. The van der Waals surface area contributed by atoms with Gasteiger partial charge in [-0.3, -0.25) is 9.78 Å². The predicted octanol–water partition coefficient (Wildman–Crippen LogP) is 3.91. The van der Waals surface area contributed by atoms with E-state index in [1.165, 1.54) is 6.20 Å². The van der Waals surface area contributed by atoms with E-state index in [1.54, 1.807) is 30.5 Å². The molecule has 1 aliphatic rings. The molecule has 3 aromatic rings. The number of nitrogens with one attached hydrogen (secondary N) is 1. The molecule has 1 amide bonds. The van der Waals surface area contributed by atoms with Crippen LogP contribution in [-0.4, -0.2) is 35.1 Å². The Hall–Kier alpha value is -3.82. The first-order valence-corrected chi connectivity index (χ1v) is 9.76. The lowest BCUT2D eigenvalue weighted by molar-refractivity contribution is -0.137. The van der Waals surface area contributed by atoms with Crippen LogP contribution in [0.1, 0.15) is 21.5 Å². The molecule has 1 aliphatic heterocycles. The van der Waals surface area contributed by atoms with E-state index < -0.39 is 17.6 Å². The van der Waals surface area contributed by atoms with Crippen molar-refractivity contribution in [3.8, 4) is 5.75 Å². The van der Waals surface area contributed by atoms with E-state index in [4.69, 9.17) is 10.5 Å². The zero-order valence-corrected chi connectivity index (χ0v) is 17.1. The molecular weight excluding hydrogens is 423 g/mol. The molecule has 0 unspecified atom stereocenters. The summed E-state index contributed by atoms with van der Waals surface area (Å²) in [5, 5.41) is 2.51. The number of aromatic nitrogens is 2. The number of carbonyl (C=O) groups excluding carboxylic acids is 1.